The molecule has 0 atom stereocenters. The van der Waals surface area contributed by atoms with Crippen LogP contribution in [0.5, 0.6) is 0 Å². The SMILES string of the molecule is CCN(CC)C(=O)c1ccc2c(c1)C1(CCN(Cc3ccccc3)CC1)C(=O)N2C. The molecule has 1 fully saturated rings. The van der Waals surface area contributed by atoms with Crippen LogP contribution in [0.25, 0.3) is 0 Å². The summed E-state index contributed by atoms with van der Waals surface area (Å²) in [4.78, 5) is 32.3. The average Bonchev–Trinajstić information content (AvgIpc) is 2.98. The van der Waals surface area contributed by atoms with Gasteiger partial charge in [-0.25, -0.2) is 0 Å². The Kier molecular flexibility index (Phi) is 5.65. The summed E-state index contributed by atoms with van der Waals surface area (Å²) in [6.07, 6.45) is 1.58. The van der Waals surface area contributed by atoms with Gasteiger partial charge in [0.15, 0.2) is 0 Å². The van der Waals surface area contributed by atoms with Crippen molar-refractivity contribution in [2.75, 3.05) is 38.1 Å². The van der Waals surface area contributed by atoms with Gasteiger partial charge in [-0.15, -0.1) is 0 Å². The van der Waals surface area contributed by atoms with Gasteiger partial charge in [-0.1, -0.05) is 30.3 Å². The van der Waals surface area contributed by atoms with E-state index in [-0.39, 0.29) is 11.8 Å². The number of fused-ring (bicyclic) bond motifs is 2. The molecule has 0 N–H and O–H groups in total. The fourth-order valence-corrected chi connectivity index (χ4v) is 5.00. The van der Waals surface area contributed by atoms with Crippen LogP contribution in [-0.2, 0) is 16.8 Å². The lowest BCUT2D eigenvalue weighted by Crippen LogP contribution is -2.47. The Morgan fingerprint density at radius 1 is 1.03 bits per heavy atom. The molecule has 5 nitrogen and oxygen atoms in total. The van der Waals surface area contributed by atoms with Crippen LogP contribution in [0.2, 0.25) is 0 Å². The highest BCUT2D eigenvalue weighted by molar-refractivity contribution is 6.09. The summed E-state index contributed by atoms with van der Waals surface area (Å²) in [5, 5.41) is 0. The van der Waals surface area contributed by atoms with Gasteiger partial charge in [-0.05, 0) is 69.1 Å². The van der Waals surface area contributed by atoms with E-state index in [0.717, 1.165) is 43.7 Å². The van der Waals surface area contributed by atoms with Gasteiger partial charge in [-0.3, -0.25) is 14.5 Å². The summed E-state index contributed by atoms with van der Waals surface area (Å²) in [5.74, 6) is 0.214. The second kappa shape index (κ2) is 8.23. The second-order valence-electron chi connectivity index (χ2n) is 8.42. The molecule has 2 aliphatic heterocycles. The molecule has 2 aromatic rings. The molecule has 0 bridgehead atoms. The number of likely N-dealkylation sites (N-methyl/N-ethyl adjacent to an activating group) is 1. The number of likely N-dealkylation sites (tertiary alicyclic amines) is 1. The van der Waals surface area contributed by atoms with Crippen LogP contribution < -0.4 is 4.90 Å². The van der Waals surface area contributed by atoms with Crippen LogP contribution in [0.3, 0.4) is 0 Å². The number of benzene rings is 2. The molecule has 0 radical (unpaired) electrons. The maximum absolute atomic E-state index is 13.3. The molecule has 2 heterocycles. The lowest BCUT2D eigenvalue weighted by molar-refractivity contribution is -0.124. The first kappa shape index (κ1) is 20.6. The highest BCUT2D eigenvalue weighted by Gasteiger charge is 2.51. The van der Waals surface area contributed by atoms with E-state index in [0.29, 0.717) is 18.7 Å². The van der Waals surface area contributed by atoms with Gasteiger partial charge in [0.25, 0.3) is 5.91 Å². The summed E-state index contributed by atoms with van der Waals surface area (Å²) in [6.45, 7) is 8.03. The standard InChI is InChI=1S/C25H31N3O2/c1-4-28(5-2)23(29)20-11-12-22-21(17-20)25(24(30)26(22)3)13-15-27(16-14-25)18-19-9-7-6-8-10-19/h6-12,17H,4-5,13-16,18H2,1-3H3. The Morgan fingerprint density at radius 3 is 2.33 bits per heavy atom. The van der Waals surface area contributed by atoms with Crippen molar-refractivity contribution in [3.63, 3.8) is 0 Å². The van der Waals surface area contributed by atoms with Crippen LogP contribution in [-0.4, -0.2) is 54.8 Å². The molecule has 0 unspecified atom stereocenters. The van der Waals surface area contributed by atoms with E-state index in [1.165, 1.54) is 5.56 Å². The lowest BCUT2D eigenvalue weighted by Gasteiger charge is -2.38. The van der Waals surface area contributed by atoms with Gasteiger partial charge in [-0.2, -0.15) is 0 Å². The number of carbonyl (C=O) groups excluding carboxylic acids is 2. The van der Waals surface area contributed by atoms with E-state index in [1.54, 1.807) is 4.90 Å². The van der Waals surface area contributed by atoms with E-state index < -0.39 is 5.41 Å². The lowest BCUT2D eigenvalue weighted by atomic mass is 9.73. The third-order valence-corrected chi connectivity index (χ3v) is 6.84. The van der Waals surface area contributed by atoms with E-state index >= 15 is 0 Å². The Hall–Kier alpha value is -2.66. The summed E-state index contributed by atoms with van der Waals surface area (Å²) < 4.78 is 0. The number of amides is 2. The highest BCUT2D eigenvalue weighted by Crippen LogP contribution is 2.48. The summed E-state index contributed by atoms with van der Waals surface area (Å²) in [7, 11) is 1.86. The number of carbonyl (C=O) groups is 2. The number of nitrogens with zero attached hydrogens (tertiary/aromatic N) is 3. The first-order chi connectivity index (χ1) is 14.5. The molecular formula is C25H31N3O2. The van der Waals surface area contributed by atoms with Crippen LogP contribution in [0, 0.1) is 0 Å². The molecule has 0 saturated carbocycles. The molecule has 0 aromatic heterocycles. The molecule has 158 valence electrons. The molecule has 5 heteroatoms. The minimum absolute atomic E-state index is 0.0430. The van der Waals surface area contributed by atoms with Crippen molar-refractivity contribution >= 4 is 17.5 Å². The zero-order valence-corrected chi connectivity index (χ0v) is 18.2. The monoisotopic (exact) mass is 405 g/mol. The minimum atomic E-state index is -0.503. The number of rotatable bonds is 5. The molecular weight excluding hydrogens is 374 g/mol. The molecule has 1 spiro atoms. The fraction of sp³-hybridized carbons (Fsp3) is 0.440. The maximum atomic E-state index is 13.3. The van der Waals surface area contributed by atoms with Gasteiger partial charge < -0.3 is 9.80 Å². The zero-order valence-electron chi connectivity index (χ0n) is 18.2. The summed E-state index contributed by atoms with van der Waals surface area (Å²) in [5.41, 5.74) is 3.47. The smallest absolute Gasteiger partial charge is 0.253 e. The van der Waals surface area contributed by atoms with Crippen molar-refractivity contribution in [1.82, 2.24) is 9.80 Å². The van der Waals surface area contributed by atoms with Crippen molar-refractivity contribution < 1.29 is 9.59 Å². The summed E-state index contributed by atoms with van der Waals surface area (Å²) in [6, 6.07) is 16.3. The van der Waals surface area contributed by atoms with Gasteiger partial charge >= 0.3 is 0 Å². The number of anilines is 1. The fourth-order valence-electron chi connectivity index (χ4n) is 5.00. The van der Waals surface area contributed by atoms with E-state index in [4.69, 9.17) is 0 Å². The molecule has 0 aliphatic carbocycles. The quantitative estimate of drug-likeness (QED) is 0.762. The van der Waals surface area contributed by atoms with Gasteiger partial charge in [0.05, 0.1) is 5.41 Å². The highest BCUT2D eigenvalue weighted by atomic mass is 16.2. The van der Waals surface area contributed by atoms with E-state index in [1.807, 2.05) is 50.1 Å². The van der Waals surface area contributed by atoms with Crippen molar-refractivity contribution in [2.24, 2.45) is 0 Å². The van der Waals surface area contributed by atoms with Gasteiger partial charge in [0, 0.05) is 37.9 Å². The van der Waals surface area contributed by atoms with E-state index in [2.05, 4.69) is 29.2 Å². The predicted molar refractivity (Wildman–Crippen MR) is 120 cm³/mol. The molecule has 2 aliphatic rings. The predicted octanol–water partition coefficient (Wildman–Crippen LogP) is 3.68. The Bertz CT molecular complexity index is 929. The maximum Gasteiger partial charge on any atom is 0.253 e. The first-order valence-corrected chi connectivity index (χ1v) is 11.0. The van der Waals surface area contributed by atoms with Gasteiger partial charge in [0.2, 0.25) is 5.91 Å². The number of hydrogen-bond acceptors (Lipinski definition) is 3. The normalized spacial score (nSPS) is 18.0. The van der Waals surface area contributed by atoms with Crippen molar-refractivity contribution in [2.45, 2.75) is 38.6 Å². The minimum Gasteiger partial charge on any atom is -0.339 e. The largest absolute Gasteiger partial charge is 0.339 e. The summed E-state index contributed by atoms with van der Waals surface area (Å²) >= 11 is 0. The Morgan fingerprint density at radius 2 is 1.70 bits per heavy atom. The molecule has 1 saturated heterocycles. The van der Waals surface area contributed by atoms with Crippen molar-refractivity contribution in [1.29, 1.82) is 0 Å². The van der Waals surface area contributed by atoms with E-state index in [9.17, 15) is 9.59 Å². The van der Waals surface area contributed by atoms with Crippen molar-refractivity contribution in [3.8, 4) is 0 Å². The third-order valence-electron chi connectivity index (χ3n) is 6.84. The Balaban J connectivity index is 1.59. The number of piperidine rings is 1. The van der Waals surface area contributed by atoms with Crippen LogP contribution >= 0.6 is 0 Å². The van der Waals surface area contributed by atoms with Gasteiger partial charge in [0.1, 0.15) is 0 Å². The molecule has 4 rings (SSSR count). The topological polar surface area (TPSA) is 43.9 Å². The number of hydrogen-bond donors (Lipinski definition) is 0. The molecule has 2 aromatic carbocycles. The van der Waals surface area contributed by atoms with Crippen molar-refractivity contribution in [3.05, 3.63) is 65.2 Å². The van der Waals surface area contributed by atoms with Crippen LogP contribution in [0.1, 0.15) is 48.2 Å². The first-order valence-electron chi connectivity index (χ1n) is 11.0. The zero-order chi connectivity index (χ0) is 21.3. The second-order valence-corrected chi connectivity index (χ2v) is 8.42. The third kappa shape index (κ3) is 3.41. The van der Waals surface area contributed by atoms with Crippen LogP contribution in [0.4, 0.5) is 5.69 Å². The van der Waals surface area contributed by atoms with Crippen LogP contribution in [0.15, 0.2) is 48.5 Å². The average molecular weight is 406 g/mol. The molecule has 30 heavy (non-hydrogen) atoms. The Labute approximate surface area is 179 Å². The molecule has 2 amide bonds.